The van der Waals surface area contributed by atoms with Gasteiger partial charge < -0.3 is 14.4 Å². The number of rotatable bonds is 2. The topological polar surface area (TPSA) is 85.3 Å². The van der Waals surface area contributed by atoms with E-state index in [9.17, 15) is 13.2 Å². The summed E-state index contributed by atoms with van der Waals surface area (Å²) in [4.78, 5) is 19.0. The van der Waals surface area contributed by atoms with Gasteiger partial charge in [-0.2, -0.15) is 4.99 Å². The number of hydrogen-bond acceptors (Lipinski definition) is 6. The fourth-order valence-electron chi connectivity index (χ4n) is 3.67. The van der Waals surface area contributed by atoms with Crippen molar-refractivity contribution in [2.24, 2.45) is 4.99 Å². The molecule has 10 heteroatoms. The lowest BCUT2D eigenvalue weighted by molar-refractivity contribution is 0.100. The van der Waals surface area contributed by atoms with Crippen molar-refractivity contribution in [1.29, 1.82) is 0 Å². The van der Waals surface area contributed by atoms with Crippen molar-refractivity contribution >= 4 is 50.0 Å². The maximum Gasteiger partial charge on any atom is 0.279 e. The van der Waals surface area contributed by atoms with Gasteiger partial charge in [0.2, 0.25) is 6.79 Å². The predicted molar refractivity (Wildman–Crippen MR) is 112 cm³/mol. The monoisotopic (exact) mass is 450 g/mol. The smallest absolute Gasteiger partial charge is 0.279 e. The molecule has 0 unspecified atom stereocenters. The van der Waals surface area contributed by atoms with E-state index >= 15 is 0 Å². The first kappa shape index (κ1) is 18.8. The summed E-state index contributed by atoms with van der Waals surface area (Å²) in [6.07, 6.45) is 0. The molecule has 0 aliphatic carbocycles. The largest absolute Gasteiger partial charge is 0.454 e. The number of carbonyl (C=O) groups is 1. The standard InChI is InChI=1S/C19H15ClN2O5S2/c20-12-2-1-3-13(7-12)22-14-8-29(24,25)9-17(14)28-19(22)21-18(23)11-4-5-15-16(6-11)27-10-26-15/h1-7,14,17H,8-10H2/t14-,17-/m1/s1. The van der Waals surface area contributed by atoms with Gasteiger partial charge in [-0.3, -0.25) is 4.79 Å². The highest BCUT2D eigenvalue weighted by atomic mass is 35.5. The van der Waals surface area contributed by atoms with Crippen LogP contribution in [0.15, 0.2) is 47.5 Å². The molecular formula is C19H15ClN2O5S2. The Morgan fingerprint density at radius 3 is 2.79 bits per heavy atom. The molecule has 1 amide bonds. The molecule has 0 saturated carbocycles. The van der Waals surface area contributed by atoms with Crippen LogP contribution in [0.2, 0.25) is 5.02 Å². The number of anilines is 1. The lowest BCUT2D eigenvalue weighted by Crippen LogP contribution is -2.37. The van der Waals surface area contributed by atoms with E-state index in [4.69, 9.17) is 21.1 Å². The molecule has 3 aliphatic heterocycles. The first-order chi connectivity index (χ1) is 13.9. The molecule has 2 aromatic carbocycles. The third-order valence-electron chi connectivity index (χ3n) is 4.97. The van der Waals surface area contributed by atoms with Crippen LogP contribution in [0.3, 0.4) is 0 Å². The van der Waals surface area contributed by atoms with Crippen LogP contribution in [-0.4, -0.2) is 49.1 Å². The molecule has 2 fully saturated rings. The van der Waals surface area contributed by atoms with Crippen molar-refractivity contribution in [3.8, 4) is 11.5 Å². The average molecular weight is 451 g/mol. The summed E-state index contributed by atoms with van der Waals surface area (Å²) < 4.78 is 34.9. The van der Waals surface area contributed by atoms with Crippen LogP contribution in [-0.2, 0) is 9.84 Å². The normalized spacial score (nSPS) is 25.4. The third-order valence-corrected chi connectivity index (χ3v) is 8.41. The van der Waals surface area contributed by atoms with Crippen molar-refractivity contribution < 1.29 is 22.7 Å². The number of amides is 1. The minimum Gasteiger partial charge on any atom is -0.454 e. The lowest BCUT2D eigenvalue weighted by Gasteiger charge is -2.24. The van der Waals surface area contributed by atoms with Crippen molar-refractivity contribution in [2.75, 3.05) is 23.2 Å². The molecule has 0 radical (unpaired) electrons. The summed E-state index contributed by atoms with van der Waals surface area (Å²) in [6, 6.07) is 11.7. The van der Waals surface area contributed by atoms with Gasteiger partial charge in [0.25, 0.3) is 5.91 Å². The minimum absolute atomic E-state index is 0.0222. The summed E-state index contributed by atoms with van der Waals surface area (Å²) in [5, 5.41) is 0.820. The molecule has 2 aromatic rings. The number of ether oxygens (including phenoxy) is 2. The number of hydrogen-bond donors (Lipinski definition) is 0. The van der Waals surface area contributed by atoms with E-state index in [1.807, 2.05) is 11.0 Å². The zero-order valence-corrected chi connectivity index (χ0v) is 17.3. The van der Waals surface area contributed by atoms with Crippen molar-refractivity contribution in [1.82, 2.24) is 0 Å². The summed E-state index contributed by atoms with van der Waals surface area (Å²) >= 11 is 7.46. The maximum atomic E-state index is 12.8. The van der Waals surface area contributed by atoms with Gasteiger partial charge in [-0.25, -0.2) is 8.42 Å². The summed E-state index contributed by atoms with van der Waals surface area (Å²) in [6.45, 7) is 0.123. The number of fused-ring (bicyclic) bond motifs is 2. The zero-order valence-electron chi connectivity index (χ0n) is 14.9. The number of benzene rings is 2. The zero-order chi connectivity index (χ0) is 20.2. The second-order valence-electron chi connectivity index (χ2n) is 6.92. The second-order valence-corrected chi connectivity index (χ2v) is 10.7. The highest BCUT2D eigenvalue weighted by Crippen LogP contribution is 2.41. The quantitative estimate of drug-likeness (QED) is 0.695. The van der Waals surface area contributed by atoms with E-state index in [0.29, 0.717) is 32.9 Å². The molecule has 2 atom stereocenters. The Morgan fingerprint density at radius 2 is 1.97 bits per heavy atom. The highest BCUT2D eigenvalue weighted by Gasteiger charge is 2.49. The molecule has 0 aromatic heterocycles. The lowest BCUT2D eigenvalue weighted by atomic mass is 10.2. The first-order valence-electron chi connectivity index (χ1n) is 8.84. The van der Waals surface area contributed by atoms with Gasteiger partial charge in [0.05, 0.1) is 17.5 Å². The second kappa shape index (κ2) is 6.93. The van der Waals surface area contributed by atoms with Crippen LogP contribution in [0, 0.1) is 0 Å². The van der Waals surface area contributed by atoms with Crippen LogP contribution in [0.4, 0.5) is 5.69 Å². The molecule has 29 heavy (non-hydrogen) atoms. The first-order valence-corrected chi connectivity index (χ1v) is 11.9. The Morgan fingerprint density at radius 1 is 1.14 bits per heavy atom. The van der Waals surface area contributed by atoms with E-state index in [1.54, 1.807) is 36.4 Å². The Kier molecular flexibility index (Phi) is 4.49. The number of carbonyl (C=O) groups excluding carboxylic acids is 1. The molecule has 0 bridgehead atoms. The van der Waals surface area contributed by atoms with E-state index in [-0.39, 0.29) is 29.6 Å². The summed E-state index contributed by atoms with van der Waals surface area (Å²) in [7, 11) is -3.13. The van der Waals surface area contributed by atoms with Crippen LogP contribution < -0.4 is 14.4 Å². The Bertz CT molecular complexity index is 1150. The van der Waals surface area contributed by atoms with Gasteiger partial charge in [0.1, 0.15) is 0 Å². The molecule has 2 saturated heterocycles. The molecule has 0 spiro atoms. The van der Waals surface area contributed by atoms with Crippen molar-refractivity contribution in [2.45, 2.75) is 11.3 Å². The molecular weight excluding hydrogens is 436 g/mol. The average Bonchev–Trinajstić information content (AvgIpc) is 3.32. The Labute approximate surface area is 176 Å². The predicted octanol–water partition coefficient (Wildman–Crippen LogP) is 2.98. The SMILES string of the molecule is O=C(N=C1S[C@@H]2CS(=O)(=O)C[C@H]2N1c1cccc(Cl)c1)c1ccc2c(c1)OCO2. The van der Waals surface area contributed by atoms with Gasteiger partial charge in [0.15, 0.2) is 26.5 Å². The van der Waals surface area contributed by atoms with E-state index < -0.39 is 15.7 Å². The van der Waals surface area contributed by atoms with Gasteiger partial charge in [-0.15, -0.1) is 0 Å². The van der Waals surface area contributed by atoms with Gasteiger partial charge in [0, 0.05) is 21.5 Å². The summed E-state index contributed by atoms with van der Waals surface area (Å²) in [5.41, 5.74) is 1.09. The maximum absolute atomic E-state index is 12.8. The van der Waals surface area contributed by atoms with E-state index in [2.05, 4.69) is 4.99 Å². The molecule has 3 heterocycles. The van der Waals surface area contributed by atoms with E-state index in [0.717, 1.165) is 0 Å². The Hall–Kier alpha value is -2.23. The highest BCUT2D eigenvalue weighted by molar-refractivity contribution is 8.16. The number of nitrogens with zero attached hydrogens (tertiary/aromatic N) is 2. The molecule has 150 valence electrons. The van der Waals surface area contributed by atoms with Crippen LogP contribution in [0.25, 0.3) is 0 Å². The minimum atomic E-state index is -3.13. The van der Waals surface area contributed by atoms with Crippen LogP contribution in [0.5, 0.6) is 11.5 Å². The van der Waals surface area contributed by atoms with Gasteiger partial charge in [-0.1, -0.05) is 29.4 Å². The number of amidine groups is 1. The fourth-order valence-corrected chi connectivity index (χ4v) is 7.77. The molecule has 0 N–H and O–H groups in total. The number of thioether (sulfide) groups is 1. The van der Waals surface area contributed by atoms with Gasteiger partial charge >= 0.3 is 0 Å². The Balaban J connectivity index is 1.51. The fraction of sp³-hybridized carbons (Fsp3) is 0.263. The van der Waals surface area contributed by atoms with Crippen molar-refractivity contribution in [3.63, 3.8) is 0 Å². The molecule has 3 aliphatic rings. The van der Waals surface area contributed by atoms with Gasteiger partial charge in [-0.05, 0) is 36.4 Å². The van der Waals surface area contributed by atoms with Crippen LogP contribution >= 0.6 is 23.4 Å². The number of aliphatic imine (C=N–C) groups is 1. The third kappa shape index (κ3) is 3.47. The molecule has 7 nitrogen and oxygen atoms in total. The molecule has 5 rings (SSSR count). The summed E-state index contributed by atoms with van der Waals surface area (Å²) in [5.74, 6) is 0.751. The number of halogens is 1. The van der Waals surface area contributed by atoms with Crippen LogP contribution in [0.1, 0.15) is 10.4 Å². The number of sulfone groups is 1. The van der Waals surface area contributed by atoms with E-state index in [1.165, 1.54) is 11.8 Å². The van der Waals surface area contributed by atoms with Crippen molar-refractivity contribution in [3.05, 3.63) is 53.1 Å².